The van der Waals surface area contributed by atoms with Gasteiger partial charge in [-0.1, -0.05) is 0 Å². The quantitative estimate of drug-likeness (QED) is 0.806. The van der Waals surface area contributed by atoms with E-state index in [1.165, 1.54) is 0 Å². The Morgan fingerprint density at radius 1 is 1.21 bits per heavy atom. The first-order valence-electron chi connectivity index (χ1n) is 7.01. The molecule has 0 amide bonds. The minimum atomic E-state index is -0.289. The van der Waals surface area contributed by atoms with Crippen molar-refractivity contribution in [3.05, 3.63) is 23.8 Å². The molecule has 2 aliphatic rings. The third-order valence-corrected chi connectivity index (χ3v) is 4.13. The minimum Gasteiger partial charge on any atom is -0.508 e. The van der Waals surface area contributed by atoms with E-state index in [9.17, 15) is 5.11 Å². The summed E-state index contributed by atoms with van der Waals surface area (Å²) in [5.41, 5.74) is 1.98. The fourth-order valence-corrected chi connectivity index (χ4v) is 2.97. The molecular weight excluding hydrogens is 242 g/mol. The molecule has 0 radical (unpaired) electrons. The molecule has 0 atom stereocenters. The highest BCUT2D eigenvalue weighted by atomic mass is 16.7. The van der Waals surface area contributed by atoms with Crippen LogP contribution in [0.3, 0.4) is 0 Å². The van der Waals surface area contributed by atoms with Crippen molar-refractivity contribution in [2.45, 2.75) is 44.4 Å². The molecule has 19 heavy (non-hydrogen) atoms. The molecule has 1 aliphatic carbocycles. The van der Waals surface area contributed by atoms with Gasteiger partial charge in [0, 0.05) is 24.6 Å². The van der Waals surface area contributed by atoms with Crippen molar-refractivity contribution in [2.24, 2.45) is 0 Å². The molecule has 1 aliphatic heterocycles. The Morgan fingerprint density at radius 3 is 2.53 bits per heavy atom. The number of hydrogen-bond donors (Lipinski definition) is 2. The number of phenolic OH excluding ortho intramolecular Hbond substituents is 1. The van der Waals surface area contributed by atoms with Crippen LogP contribution in [-0.4, -0.2) is 30.1 Å². The van der Waals surface area contributed by atoms with Crippen molar-refractivity contribution in [3.63, 3.8) is 0 Å². The second kappa shape index (κ2) is 5.02. The normalized spacial score (nSPS) is 22.8. The number of nitrogens with one attached hydrogen (secondary N) is 1. The van der Waals surface area contributed by atoms with Crippen LogP contribution in [0.2, 0.25) is 0 Å². The number of rotatable bonds is 2. The summed E-state index contributed by atoms with van der Waals surface area (Å²) >= 11 is 0. The van der Waals surface area contributed by atoms with E-state index in [-0.39, 0.29) is 5.79 Å². The Kier molecular flexibility index (Phi) is 3.37. The largest absolute Gasteiger partial charge is 0.508 e. The zero-order valence-corrected chi connectivity index (χ0v) is 11.3. The summed E-state index contributed by atoms with van der Waals surface area (Å²) in [6.07, 6.45) is 4.03. The molecule has 1 saturated heterocycles. The average molecular weight is 263 g/mol. The Balaban J connectivity index is 1.58. The fourth-order valence-electron chi connectivity index (χ4n) is 2.97. The summed E-state index contributed by atoms with van der Waals surface area (Å²) in [4.78, 5) is 0. The van der Waals surface area contributed by atoms with Gasteiger partial charge >= 0.3 is 0 Å². The predicted molar refractivity (Wildman–Crippen MR) is 73.4 cm³/mol. The van der Waals surface area contributed by atoms with Crippen LogP contribution in [0.4, 0.5) is 5.69 Å². The zero-order valence-electron chi connectivity index (χ0n) is 11.3. The first-order valence-corrected chi connectivity index (χ1v) is 7.01. The van der Waals surface area contributed by atoms with Crippen LogP contribution in [0.5, 0.6) is 5.75 Å². The number of phenols is 1. The summed E-state index contributed by atoms with van der Waals surface area (Å²) in [6, 6.07) is 6.12. The Bertz CT molecular complexity index is 445. The molecule has 104 valence electrons. The third-order valence-electron chi connectivity index (χ3n) is 4.13. The number of aryl methyl sites for hydroxylation is 1. The van der Waals surface area contributed by atoms with Crippen molar-refractivity contribution in [3.8, 4) is 5.75 Å². The van der Waals surface area contributed by atoms with Crippen LogP contribution in [0.15, 0.2) is 18.2 Å². The second-order valence-corrected chi connectivity index (χ2v) is 5.53. The van der Waals surface area contributed by atoms with Gasteiger partial charge in [-0.25, -0.2) is 0 Å². The average Bonchev–Trinajstić information content (AvgIpc) is 2.86. The van der Waals surface area contributed by atoms with Gasteiger partial charge in [0.05, 0.1) is 13.2 Å². The molecule has 2 N–H and O–H groups in total. The first-order chi connectivity index (χ1) is 9.17. The third kappa shape index (κ3) is 2.69. The number of hydrogen-bond acceptors (Lipinski definition) is 4. The van der Waals surface area contributed by atoms with E-state index >= 15 is 0 Å². The van der Waals surface area contributed by atoms with Crippen LogP contribution in [0, 0.1) is 6.92 Å². The molecular formula is C15H21NO3. The molecule has 0 unspecified atom stereocenters. The lowest BCUT2D eigenvalue weighted by atomic mass is 9.90. The van der Waals surface area contributed by atoms with Gasteiger partial charge in [-0.05, 0) is 43.5 Å². The van der Waals surface area contributed by atoms with Crippen LogP contribution in [0.1, 0.15) is 31.2 Å². The maximum Gasteiger partial charge on any atom is 0.168 e. The number of anilines is 1. The maximum absolute atomic E-state index is 9.53. The summed E-state index contributed by atoms with van der Waals surface area (Å²) in [7, 11) is 0. The number of benzene rings is 1. The topological polar surface area (TPSA) is 50.7 Å². The highest BCUT2D eigenvalue weighted by Gasteiger charge is 2.40. The van der Waals surface area contributed by atoms with E-state index < -0.39 is 0 Å². The molecule has 1 spiro atoms. The van der Waals surface area contributed by atoms with Crippen LogP contribution in [-0.2, 0) is 9.47 Å². The standard InChI is InChI=1S/C15H21NO3/c1-11-10-13(2-3-14(11)17)16-12-4-6-15(7-5-12)18-8-9-19-15/h2-3,10,12,16-17H,4-9H2,1H3. The predicted octanol–water partition coefficient (Wildman–Crippen LogP) is 2.80. The molecule has 4 nitrogen and oxygen atoms in total. The van der Waals surface area contributed by atoms with Gasteiger partial charge in [0.1, 0.15) is 5.75 Å². The molecule has 0 bridgehead atoms. The SMILES string of the molecule is Cc1cc(NC2CCC3(CC2)OCCO3)ccc1O. The van der Waals surface area contributed by atoms with Gasteiger partial charge < -0.3 is 19.9 Å². The molecule has 1 saturated carbocycles. The lowest BCUT2D eigenvalue weighted by Crippen LogP contribution is -2.39. The minimum absolute atomic E-state index is 0.289. The van der Waals surface area contributed by atoms with Crippen LogP contribution in [0.25, 0.3) is 0 Å². The monoisotopic (exact) mass is 263 g/mol. The van der Waals surface area contributed by atoms with E-state index in [1.54, 1.807) is 6.07 Å². The molecule has 0 aromatic heterocycles. The molecule has 3 rings (SSSR count). The van der Waals surface area contributed by atoms with Gasteiger partial charge in [0.25, 0.3) is 0 Å². The molecule has 2 fully saturated rings. The van der Waals surface area contributed by atoms with Crippen molar-refractivity contribution in [2.75, 3.05) is 18.5 Å². The molecule has 1 aromatic carbocycles. The first kappa shape index (κ1) is 12.8. The van der Waals surface area contributed by atoms with Crippen molar-refractivity contribution >= 4 is 5.69 Å². The summed E-state index contributed by atoms with van der Waals surface area (Å²) in [6.45, 7) is 3.38. The zero-order chi connectivity index (χ0) is 13.3. The Morgan fingerprint density at radius 2 is 1.89 bits per heavy atom. The van der Waals surface area contributed by atoms with E-state index in [0.29, 0.717) is 11.8 Å². The van der Waals surface area contributed by atoms with Crippen molar-refractivity contribution in [1.29, 1.82) is 0 Å². The number of ether oxygens (including phenoxy) is 2. The van der Waals surface area contributed by atoms with Gasteiger partial charge in [0.2, 0.25) is 0 Å². The Hall–Kier alpha value is -1.26. The second-order valence-electron chi connectivity index (χ2n) is 5.53. The molecule has 1 aromatic rings. The molecule has 4 heteroatoms. The van der Waals surface area contributed by atoms with E-state index in [4.69, 9.17) is 9.47 Å². The maximum atomic E-state index is 9.53. The fraction of sp³-hybridized carbons (Fsp3) is 0.600. The van der Waals surface area contributed by atoms with Crippen LogP contribution < -0.4 is 5.32 Å². The number of aromatic hydroxyl groups is 1. The smallest absolute Gasteiger partial charge is 0.168 e. The summed E-state index contributed by atoms with van der Waals surface area (Å²) in [5, 5.41) is 13.1. The summed E-state index contributed by atoms with van der Waals surface area (Å²) in [5.74, 6) is 0.0594. The van der Waals surface area contributed by atoms with E-state index in [2.05, 4.69) is 5.32 Å². The van der Waals surface area contributed by atoms with Crippen LogP contribution >= 0.6 is 0 Å². The summed E-state index contributed by atoms with van der Waals surface area (Å²) < 4.78 is 11.5. The van der Waals surface area contributed by atoms with E-state index in [0.717, 1.165) is 50.1 Å². The van der Waals surface area contributed by atoms with Gasteiger partial charge in [0.15, 0.2) is 5.79 Å². The Labute approximate surface area is 113 Å². The highest BCUT2D eigenvalue weighted by Crippen LogP contribution is 2.36. The lowest BCUT2D eigenvalue weighted by Gasteiger charge is -2.36. The molecule has 1 heterocycles. The lowest BCUT2D eigenvalue weighted by molar-refractivity contribution is -0.177. The van der Waals surface area contributed by atoms with Crippen molar-refractivity contribution in [1.82, 2.24) is 0 Å². The van der Waals surface area contributed by atoms with Gasteiger partial charge in [-0.15, -0.1) is 0 Å². The van der Waals surface area contributed by atoms with E-state index in [1.807, 2.05) is 19.1 Å². The van der Waals surface area contributed by atoms with Gasteiger partial charge in [-0.3, -0.25) is 0 Å². The van der Waals surface area contributed by atoms with Gasteiger partial charge in [-0.2, -0.15) is 0 Å². The van der Waals surface area contributed by atoms with Crippen molar-refractivity contribution < 1.29 is 14.6 Å². The highest BCUT2D eigenvalue weighted by molar-refractivity contribution is 5.50.